The molecule has 5 nitrogen and oxygen atoms in total. The molecule has 0 fully saturated rings. The average Bonchev–Trinajstić information content (AvgIpc) is 2.66. The summed E-state index contributed by atoms with van der Waals surface area (Å²) < 4.78 is 11.0. The summed E-state index contributed by atoms with van der Waals surface area (Å²) in [7, 11) is 0. The molecule has 0 saturated carbocycles. The van der Waals surface area contributed by atoms with E-state index < -0.39 is 5.63 Å². The summed E-state index contributed by atoms with van der Waals surface area (Å²) >= 11 is 0. The summed E-state index contributed by atoms with van der Waals surface area (Å²) in [6.07, 6.45) is 1.94. The van der Waals surface area contributed by atoms with Gasteiger partial charge in [0.15, 0.2) is 0 Å². The summed E-state index contributed by atoms with van der Waals surface area (Å²) in [4.78, 5) is 28.6. The molecule has 1 unspecified atom stereocenters. The minimum absolute atomic E-state index is 0.190. The van der Waals surface area contributed by atoms with Crippen molar-refractivity contribution in [1.29, 1.82) is 0 Å². The number of esters is 1. The molecule has 5 heteroatoms. The van der Waals surface area contributed by atoms with E-state index in [0.717, 1.165) is 33.0 Å². The highest BCUT2D eigenvalue weighted by atomic mass is 16.5. The number of carbonyl (C=O) groups is 1. The SMILES string of the molecule is Cc1cc(=O)oc2c3c(ccc12)OC(=O)CC3c1ccc2ncccc2c1. The molecule has 1 aliphatic heterocycles. The van der Waals surface area contributed by atoms with Crippen molar-refractivity contribution in [3.05, 3.63) is 81.8 Å². The molecule has 27 heavy (non-hydrogen) atoms. The molecule has 2 aromatic carbocycles. The van der Waals surface area contributed by atoms with Gasteiger partial charge in [-0.25, -0.2) is 4.79 Å². The van der Waals surface area contributed by atoms with Crippen LogP contribution in [0.1, 0.15) is 29.0 Å². The van der Waals surface area contributed by atoms with Gasteiger partial charge in [-0.05, 0) is 48.4 Å². The molecule has 4 aromatic rings. The molecule has 0 aliphatic carbocycles. The van der Waals surface area contributed by atoms with Gasteiger partial charge in [0.05, 0.1) is 11.9 Å². The van der Waals surface area contributed by atoms with Crippen LogP contribution in [0, 0.1) is 6.92 Å². The van der Waals surface area contributed by atoms with Crippen molar-refractivity contribution in [2.75, 3.05) is 0 Å². The highest BCUT2D eigenvalue weighted by molar-refractivity contribution is 5.90. The molecule has 5 rings (SSSR count). The van der Waals surface area contributed by atoms with E-state index in [0.29, 0.717) is 11.3 Å². The fraction of sp³-hybridized carbons (Fsp3) is 0.136. The lowest BCUT2D eigenvalue weighted by atomic mass is 9.84. The Hall–Kier alpha value is -3.47. The minimum atomic E-state index is -0.410. The summed E-state index contributed by atoms with van der Waals surface area (Å²) in [5, 5.41) is 1.84. The summed E-state index contributed by atoms with van der Waals surface area (Å²) in [6.45, 7) is 1.87. The van der Waals surface area contributed by atoms with Crippen molar-refractivity contribution >= 4 is 27.8 Å². The number of aryl methyl sites for hydroxylation is 1. The number of aromatic nitrogens is 1. The number of ether oxygens (including phenoxy) is 1. The van der Waals surface area contributed by atoms with E-state index in [1.807, 2.05) is 43.3 Å². The molecule has 1 aliphatic rings. The Kier molecular flexibility index (Phi) is 3.37. The second kappa shape index (κ2) is 5.77. The second-order valence-corrected chi connectivity index (χ2v) is 6.79. The van der Waals surface area contributed by atoms with E-state index >= 15 is 0 Å². The van der Waals surface area contributed by atoms with E-state index in [4.69, 9.17) is 9.15 Å². The first kappa shape index (κ1) is 15.8. The van der Waals surface area contributed by atoms with Crippen molar-refractivity contribution in [3.63, 3.8) is 0 Å². The zero-order valence-electron chi connectivity index (χ0n) is 14.6. The lowest BCUT2D eigenvalue weighted by molar-refractivity contribution is -0.135. The molecule has 0 spiro atoms. The number of pyridine rings is 1. The predicted molar refractivity (Wildman–Crippen MR) is 101 cm³/mol. The molecule has 0 N–H and O–H groups in total. The molecule has 2 aromatic heterocycles. The van der Waals surface area contributed by atoms with Gasteiger partial charge in [0.25, 0.3) is 0 Å². The van der Waals surface area contributed by atoms with Crippen LogP contribution in [-0.4, -0.2) is 11.0 Å². The van der Waals surface area contributed by atoms with Crippen molar-refractivity contribution in [2.45, 2.75) is 19.3 Å². The Morgan fingerprint density at radius 3 is 2.85 bits per heavy atom. The topological polar surface area (TPSA) is 69.4 Å². The van der Waals surface area contributed by atoms with Gasteiger partial charge in [0, 0.05) is 34.5 Å². The third-order valence-corrected chi connectivity index (χ3v) is 5.09. The van der Waals surface area contributed by atoms with Gasteiger partial charge >= 0.3 is 11.6 Å². The van der Waals surface area contributed by atoms with E-state index in [9.17, 15) is 9.59 Å². The van der Waals surface area contributed by atoms with Crippen LogP contribution in [0.4, 0.5) is 0 Å². The van der Waals surface area contributed by atoms with E-state index in [2.05, 4.69) is 4.98 Å². The normalized spacial score (nSPS) is 16.3. The first-order chi connectivity index (χ1) is 13.1. The highest BCUT2D eigenvalue weighted by Gasteiger charge is 2.32. The number of fused-ring (bicyclic) bond motifs is 4. The van der Waals surface area contributed by atoms with Crippen LogP contribution in [0.3, 0.4) is 0 Å². The standard InChI is InChI=1S/C22H15NO4/c1-12-9-19(24)27-22-15(12)5-7-18-21(22)16(11-20(25)26-18)13-4-6-17-14(10-13)3-2-8-23-17/h2-10,16H,11H2,1H3. The Morgan fingerprint density at radius 2 is 1.96 bits per heavy atom. The number of nitrogens with zero attached hydrogens (tertiary/aromatic N) is 1. The number of hydrogen-bond donors (Lipinski definition) is 0. The van der Waals surface area contributed by atoms with Crippen LogP contribution >= 0.6 is 0 Å². The van der Waals surface area contributed by atoms with Crippen LogP contribution in [0.15, 0.2) is 63.9 Å². The van der Waals surface area contributed by atoms with Gasteiger partial charge in [0.2, 0.25) is 0 Å². The lowest BCUT2D eigenvalue weighted by Crippen LogP contribution is -2.21. The fourth-order valence-corrected chi connectivity index (χ4v) is 3.83. The van der Waals surface area contributed by atoms with Crippen LogP contribution in [0.5, 0.6) is 5.75 Å². The van der Waals surface area contributed by atoms with Crippen LogP contribution in [0.2, 0.25) is 0 Å². The third kappa shape index (κ3) is 2.51. The number of rotatable bonds is 1. The van der Waals surface area contributed by atoms with Crippen molar-refractivity contribution in [2.24, 2.45) is 0 Å². The lowest BCUT2D eigenvalue weighted by Gasteiger charge is -2.26. The molecule has 0 bridgehead atoms. The van der Waals surface area contributed by atoms with Crippen molar-refractivity contribution < 1.29 is 13.9 Å². The van der Waals surface area contributed by atoms with Gasteiger partial charge in [0.1, 0.15) is 11.3 Å². The maximum Gasteiger partial charge on any atom is 0.336 e. The molecule has 0 amide bonds. The molecule has 132 valence electrons. The predicted octanol–water partition coefficient (Wildman–Crippen LogP) is 4.09. The largest absolute Gasteiger partial charge is 0.426 e. The monoisotopic (exact) mass is 357 g/mol. The first-order valence-corrected chi connectivity index (χ1v) is 8.73. The van der Waals surface area contributed by atoms with Crippen molar-refractivity contribution in [1.82, 2.24) is 4.98 Å². The van der Waals surface area contributed by atoms with Gasteiger partial charge < -0.3 is 9.15 Å². The van der Waals surface area contributed by atoms with Crippen LogP contribution in [0.25, 0.3) is 21.9 Å². The Bertz CT molecular complexity index is 1290. The number of benzene rings is 2. The fourth-order valence-electron chi connectivity index (χ4n) is 3.83. The maximum atomic E-state index is 12.2. The molecule has 1 atom stereocenters. The van der Waals surface area contributed by atoms with Gasteiger partial charge in [-0.2, -0.15) is 0 Å². The summed E-state index contributed by atoms with van der Waals surface area (Å²) in [5.74, 6) is -0.101. The van der Waals surface area contributed by atoms with Gasteiger partial charge in [-0.15, -0.1) is 0 Å². The van der Waals surface area contributed by atoms with Gasteiger partial charge in [-0.1, -0.05) is 12.1 Å². The number of hydrogen-bond acceptors (Lipinski definition) is 5. The van der Waals surface area contributed by atoms with Gasteiger partial charge in [-0.3, -0.25) is 9.78 Å². The van der Waals surface area contributed by atoms with Crippen LogP contribution in [-0.2, 0) is 4.79 Å². The van der Waals surface area contributed by atoms with E-state index in [-0.39, 0.29) is 18.3 Å². The minimum Gasteiger partial charge on any atom is -0.426 e. The Morgan fingerprint density at radius 1 is 1.07 bits per heavy atom. The second-order valence-electron chi connectivity index (χ2n) is 6.79. The Balaban J connectivity index is 1.80. The zero-order valence-corrected chi connectivity index (χ0v) is 14.6. The van der Waals surface area contributed by atoms with Crippen molar-refractivity contribution in [3.8, 4) is 5.75 Å². The molecular weight excluding hydrogens is 342 g/mol. The first-order valence-electron chi connectivity index (χ1n) is 8.73. The average molecular weight is 357 g/mol. The zero-order chi connectivity index (χ0) is 18.5. The van der Waals surface area contributed by atoms with E-state index in [1.54, 1.807) is 12.3 Å². The molecule has 0 saturated heterocycles. The molecule has 0 radical (unpaired) electrons. The highest BCUT2D eigenvalue weighted by Crippen LogP contribution is 2.43. The summed E-state index contributed by atoms with van der Waals surface area (Å²) in [5.41, 5.74) is 3.51. The number of carbonyl (C=O) groups excluding carboxylic acids is 1. The smallest absolute Gasteiger partial charge is 0.336 e. The molecule has 3 heterocycles. The third-order valence-electron chi connectivity index (χ3n) is 5.09. The summed E-state index contributed by atoms with van der Waals surface area (Å²) in [6, 6.07) is 14.9. The van der Waals surface area contributed by atoms with Crippen LogP contribution < -0.4 is 10.4 Å². The Labute approximate surface area is 154 Å². The quantitative estimate of drug-likeness (QED) is 0.291. The van der Waals surface area contributed by atoms with E-state index in [1.165, 1.54) is 6.07 Å². The maximum absolute atomic E-state index is 12.2. The molecular formula is C22H15NO4.